The topological polar surface area (TPSA) is 63.7 Å². The minimum absolute atomic E-state index is 0.0253. The van der Waals surface area contributed by atoms with E-state index in [9.17, 15) is 13.0 Å². The van der Waals surface area contributed by atoms with E-state index in [2.05, 4.69) is 17.0 Å². The molecule has 2 aliphatic heterocycles. The summed E-state index contributed by atoms with van der Waals surface area (Å²) < 4.78 is 40.6. The van der Waals surface area contributed by atoms with E-state index in [-0.39, 0.29) is 11.3 Å². The van der Waals surface area contributed by atoms with Crippen molar-refractivity contribution < 1.29 is 13.0 Å². The molecule has 2 unspecified atom stereocenters. The number of rotatable bonds is 8. The Kier molecular flexibility index (Phi) is 8.01. The standard InChI is InChI=1S/C29H33ClN2O3S2/c1-31(37(34,35)26-7-3-2-4-8-26)21-24(23-11-13-25(30)14-12-23)15-18-32-19-16-29(17-20-32)22-36(33)28-10-6-5-9-27(28)29/h2-14,24H,15-22H2,1H3. The molecule has 1 spiro atoms. The molecule has 8 heteroatoms. The molecule has 1 fully saturated rings. The maximum Gasteiger partial charge on any atom is 0.242 e. The van der Waals surface area contributed by atoms with Gasteiger partial charge in [0, 0.05) is 29.6 Å². The van der Waals surface area contributed by atoms with E-state index in [4.69, 9.17) is 11.6 Å². The van der Waals surface area contributed by atoms with E-state index in [0.29, 0.717) is 16.5 Å². The molecule has 2 aliphatic rings. The van der Waals surface area contributed by atoms with Crippen molar-refractivity contribution >= 4 is 32.8 Å². The van der Waals surface area contributed by atoms with Crippen LogP contribution in [0, 0.1) is 0 Å². The van der Waals surface area contributed by atoms with E-state index in [1.807, 2.05) is 42.5 Å². The van der Waals surface area contributed by atoms with Crippen LogP contribution in [0.2, 0.25) is 5.02 Å². The molecule has 3 aromatic rings. The molecule has 0 bridgehead atoms. The third-order valence-electron chi connectivity index (χ3n) is 7.99. The van der Waals surface area contributed by atoms with Crippen molar-refractivity contribution in [3.05, 3.63) is 95.0 Å². The molecule has 37 heavy (non-hydrogen) atoms. The lowest BCUT2D eigenvalue weighted by atomic mass is 9.74. The fraction of sp³-hybridized carbons (Fsp3) is 0.379. The van der Waals surface area contributed by atoms with Crippen molar-refractivity contribution in [2.45, 2.75) is 40.4 Å². The molecule has 2 heterocycles. The second-order valence-electron chi connectivity index (χ2n) is 10.2. The Labute approximate surface area is 228 Å². The van der Waals surface area contributed by atoms with Crippen LogP contribution < -0.4 is 0 Å². The zero-order valence-electron chi connectivity index (χ0n) is 21.1. The van der Waals surface area contributed by atoms with Crippen LogP contribution in [0.25, 0.3) is 0 Å². The van der Waals surface area contributed by atoms with Crippen LogP contribution in [-0.2, 0) is 26.6 Å². The van der Waals surface area contributed by atoms with E-state index in [1.165, 1.54) is 9.87 Å². The Hall–Kier alpha value is -1.87. The Morgan fingerprint density at radius 2 is 1.65 bits per heavy atom. The predicted molar refractivity (Wildman–Crippen MR) is 150 cm³/mol. The summed E-state index contributed by atoms with van der Waals surface area (Å²) in [5, 5.41) is 0.670. The highest BCUT2D eigenvalue weighted by molar-refractivity contribution is 7.91. The molecule has 196 valence electrons. The van der Waals surface area contributed by atoms with Gasteiger partial charge in [0.1, 0.15) is 5.75 Å². The Balaban J connectivity index is 1.26. The molecule has 5 rings (SSSR count). The van der Waals surface area contributed by atoms with E-state index in [0.717, 1.165) is 55.1 Å². The molecule has 0 N–H and O–H groups in total. The molecule has 3 aromatic carbocycles. The molecule has 1 saturated heterocycles. The summed E-state index contributed by atoms with van der Waals surface area (Å²) in [5.41, 5.74) is 2.39. The molecule has 0 saturated carbocycles. The van der Waals surface area contributed by atoms with Gasteiger partial charge in [-0.2, -0.15) is 0 Å². The maximum absolute atomic E-state index is 13.2. The van der Waals surface area contributed by atoms with E-state index < -0.39 is 21.2 Å². The van der Waals surface area contributed by atoms with E-state index in [1.54, 1.807) is 31.3 Å². The number of piperidine rings is 1. The number of sulfonamides is 1. The lowest BCUT2D eigenvalue weighted by Crippen LogP contribution is -2.44. The zero-order chi connectivity index (χ0) is 26.0. The third-order valence-corrected chi connectivity index (χ3v) is 11.7. The third kappa shape index (κ3) is 5.63. The summed E-state index contributed by atoms with van der Waals surface area (Å²) in [6, 6.07) is 24.6. The summed E-state index contributed by atoms with van der Waals surface area (Å²) >= 11 is 5.24. The summed E-state index contributed by atoms with van der Waals surface area (Å²) in [7, 11) is -1.92. The molecular weight excluding hydrogens is 524 g/mol. The quantitative estimate of drug-likeness (QED) is 0.354. The largest absolute Gasteiger partial charge is 0.611 e. The van der Waals surface area contributed by atoms with Gasteiger partial charge in [0.25, 0.3) is 0 Å². The summed E-state index contributed by atoms with van der Waals surface area (Å²) in [4.78, 5) is 3.80. The molecule has 2 atom stereocenters. The van der Waals surface area contributed by atoms with Gasteiger partial charge in [-0.05, 0) is 91.9 Å². The van der Waals surface area contributed by atoms with Gasteiger partial charge in [-0.25, -0.2) is 12.7 Å². The average molecular weight is 557 g/mol. The van der Waals surface area contributed by atoms with Gasteiger partial charge < -0.3 is 9.45 Å². The Bertz CT molecular complexity index is 1310. The fourth-order valence-corrected chi connectivity index (χ4v) is 8.97. The second-order valence-corrected chi connectivity index (χ2v) is 14.1. The molecule has 0 amide bonds. The summed E-state index contributed by atoms with van der Waals surface area (Å²) in [6.07, 6.45) is 2.85. The number of hydrogen-bond acceptors (Lipinski definition) is 4. The van der Waals surface area contributed by atoms with Crippen LogP contribution in [-0.4, -0.2) is 61.2 Å². The number of benzene rings is 3. The maximum atomic E-state index is 13.2. The van der Waals surface area contributed by atoms with Gasteiger partial charge in [0.05, 0.1) is 4.90 Å². The number of likely N-dealkylation sites (tertiary alicyclic amines) is 1. The minimum Gasteiger partial charge on any atom is -0.611 e. The first-order valence-electron chi connectivity index (χ1n) is 12.8. The van der Waals surface area contributed by atoms with Gasteiger partial charge in [-0.3, -0.25) is 0 Å². The highest BCUT2D eigenvalue weighted by Gasteiger charge is 2.48. The number of nitrogens with zero attached hydrogens (tertiary/aromatic N) is 2. The molecule has 0 aliphatic carbocycles. The minimum atomic E-state index is -3.58. The van der Waals surface area contributed by atoms with Crippen molar-refractivity contribution in [2.24, 2.45) is 0 Å². The first kappa shape index (κ1) is 26.7. The SMILES string of the molecule is CN(CC(CCN1CCC2(CC1)C[S+]([O-])c1ccccc12)c1ccc(Cl)cc1)S(=O)(=O)c1ccccc1. The first-order valence-corrected chi connectivity index (χ1v) is 15.9. The van der Waals surface area contributed by atoms with Crippen molar-refractivity contribution in [1.29, 1.82) is 0 Å². The zero-order valence-corrected chi connectivity index (χ0v) is 23.4. The molecule has 0 radical (unpaired) electrons. The normalized spacial score (nSPS) is 20.3. The summed E-state index contributed by atoms with van der Waals surface area (Å²) in [5.74, 6) is 0.770. The monoisotopic (exact) mass is 556 g/mol. The van der Waals surface area contributed by atoms with Crippen LogP contribution >= 0.6 is 11.6 Å². The summed E-state index contributed by atoms with van der Waals surface area (Å²) in [6.45, 7) is 3.18. The van der Waals surface area contributed by atoms with Crippen molar-refractivity contribution in [2.75, 3.05) is 39.0 Å². The van der Waals surface area contributed by atoms with Crippen molar-refractivity contribution in [3.8, 4) is 0 Å². The second kappa shape index (κ2) is 11.1. The smallest absolute Gasteiger partial charge is 0.242 e. The molecular formula is C29H33ClN2O3S2. The van der Waals surface area contributed by atoms with Crippen LogP contribution in [0.4, 0.5) is 0 Å². The van der Waals surface area contributed by atoms with Crippen LogP contribution in [0.1, 0.15) is 36.3 Å². The van der Waals surface area contributed by atoms with Crippen LogP contribution in [0.5, 0.6) is 0 Å². The number of likely N-dealkylation sites (N-methyl/N-ethyl adjacent to an activating group) is 1. The van der Waals surface area contributed by atoms with Gasteiger partial charge in [0.2, 0.25) is 10.0 Å². The highest BCUT2D eigenvalue weighted by Crippen LogP contribution is 2.46. The Morgan fingerprint density at radius 1 is 1.00 bits per heavy atom. The molecule has 0 aromatic heterocycles. The predicted octanol–water partition coefficient (Wildman–Crippen LogP) is 5.29. The number of fused-ring (bicyclic) bond motifs is 2. The lowest BCUT2D eigenvalue weighted by molar-refractivity contribution is 0.165. The van der Waals surface area contributed by atoms with Crippen molar-refractivity contribution in [3.63, 3.8) is 0 Å². The average Bonchev–Trinajstić information content (AvgIpc) is 3.19. The van der Waals surface area contributed by atoms with Gasteiger partial charge in [0.15, 0.2) is 4.90 Å². The number of halogens is 1. The first-order chi connectivity index (χ1) is 17.8. The van der Waals surface area contributed by atoms with Crippen LogP contribution in [0.3, 0.4) is 0 Å². The Morgan fingerprint density at radius 3 is 2.35 bits per heavy atom. The van der Waals surface area contributed by atoms with E-state index >= 15 is 0 Å². The van der Waals surface area contributed by atoms with Gasteiger partial charge >= 0.3 is 0 Å². The van der Waals surface area contributed by atoms with Crippen molar-refractivity contribution in [1.82, 2.24) is 9.21 Å². The number of hydrogen-bond donors (Lipinski definition) is 0. The van der Waals surface area contributed by atoms with Crippen LogP contribution in [0.15, 0.2) is 88.7 Å². The lowest BCUT2D eigenvalue weighted by Gasteiger charge is -2.38. The van der Waals surface area contributed by atoms with Gasteiger partial charge in [-0.1, -0.05) is 60.1 Å². The highest BCUT2D eigenvalue weighted by atomic mass is 35.5. The van der Waals surface area contributed by atoms with Gasteiger partial charge in [-0.15, -0.1) is 0 Å². The fourth-order valence-electron chi connectivity index (χ4n) is 5.75. The molecule has 5 nitrogen and oxygen atoms in total.